The van der Waals surface area contributed by atoms with E-state index in [0.717, 1.165) is 42.1 Å². The van der Waals surface area contributed by atoms with Gasteiger partial charge in [-0.3, -0.25) is 9.59 Å². The standard InChI is InChI=1S/C26H34ClN5O2/c1-16(2)29-26(34)25-15-28-11-12-31(25)21-9-10-24-22(14-21)23(13-17(3)32(24)18(4)33)30-20-7-5-19(27)6-8-20/h5-10,14,16-17,23,25,28,30H,11-13,15H2,1-4H3,(H,29,34). The predicted octanol–water partition coefficient (Wildman–Crippen LogP) is 3.94. The van der Waals surface area contributed by atoms with Gasteiger partial charge in [0.2, 0.25) is 11.8 Å². The number of nitrogens with one attached hydrogen (secondary N) is 3. The van der Waals surface area contributed by atoms with Crippen molar-refractivity contribution < 1.29 is 9.59 Å². The van der Waals surface area contributed by atoms with Gasteiger partial charge >= 0.3 is 0 Å². The molecule has 0 aromatic heterocycles. The molecule has 0 spiro atoms. The van der Waals surface area contributed by atoms with E-state index in [2.05, 4.69) is 33.8 Å². The number of piperazine rings is 1. The topological polar surface area (TPSA) is 76.7 Å². The number of carbonyl (C=O) groups excluding carboxylic acids is 2. The highest BCUT2D eigenvalue weighted by molar-refractivity contribution is 6.30. The van der Waals surface area contributed by atoms with Crippen LogP contribution < -0.4 is 25.8 Å². The van der Waals surface area contributed by atoms with Crippen molar-refractivity contribution in [1.82, 2.24) is 10.6 Å². The Morgan fingerprint density at radius 3 is 2.56 bits per heavy atom. The van der Waals surface area contributed by atoms with E-state index in [4.69, 9.17) is 11.6 Å². The molecule has 1 fully saturated rings. The van der Waals surface area contributed by atoms with Crippen LogP contribution in [0.25, 0.3) is 0 Å². The summed E-state index contributed by atoms with van der Waals surface area (Å²) in [6, 6.07) is 13.8. The van der Waals surface area contributed by atoms with E-state index in [1.54, 1.807) is 6.92 Å². The molecule has 1 saturated heterocycles. The third kappa shape index (κ3) is 5.15. The van der Waals surface area contributed by atoms with Crippen LogP contribution in [0.15, 0.2) is 42.5 Å². The molecular formula is C26H34ClN5O2. The largest absolute Gasteiger partial charge is 0.378 e. The molecule has 0 saturated carbocycles. The second-order valence-corrected chi connectivity index (χ2v) is 9.93. The van der Waals surface area contributed by atoms with Gasteiger partial charge in [-0.2, -0.15) is 0 Å². The quantitative estimate of drug-likeness (QED) is 0.600. The summed E-state index contributed by atoms with van der Waals surface area (Å²) in [7, 11) is 0. The molecule has 182 valence electrons. The molecule has 2 amide bonds. The van der Waals surface area contributed by atoms with E-state index < -0.39 is 0 Å². The molecule has 2 aromatic carbocycles. The SMILES string of the molecule is CC(=O)N1c2ccc(N3CCNCC3C(=O)NC(C)C)cc2C(Nc2ccc(Cl)cc2)CC1C. The van der Waals surface area contributed by atoms with E-state index in [1.807, 2.05) is 55.1 Å². The van der Waals surface area contributed by atoms with Crippen LogP contribution in [0.5, 0.6) is 0 Å². The van der Waals surface area contributed by atoms with Gasteiger partial charge in [-0.25, -0.2) is 0 Å². The molecule has 2 aliphatic rings. The van der Waals surface area contributed by atoms with Gasteiger partial charge in [0.05, 0.1) is 6.04 Å². The summed E-state index contributed by atoms with van der Waals surface area (Å²) in [5.74, 6) is 0.0533. The van der Waals surface area contributed by atoms with E-state index in [0.29, 0.717) is 11.6 Å². The first-order valence-electron chi connectivity index (χ1n) is 12.0. The van der Waals surface area contributed by atoms with Crippen molar-refractivity contribution in [2.24, 2.45) is 0 Å². The minimum Gasteiger partial charge on any atom is -0.378 e. The number of benzene rings is 2. The average molecular weight is 484 g/mol. The summed E-state index contributed by atoms with van der Waals surface area (Å²) in [5, 5.41) is 10.7. The van der Waals surface area contributed by atoms with Gasteiger partial charge in [0.15, 0.2) is 0 Å². The van der Waals surface area contributed by atoms with E-state index >= 15 is 0 Å². The molecule has 2 heterocycles. The lowest BCUT2D eigenvalue weighted by Crippen LogP contribution is -2.59. The number of fused-ring (bicyclic) bond motifs is 1. The van der Waals surface area contributed by atoms with Gasteiger partial charge in [0.1, 0.15) is 6.04 Å². The molecule has 0 radical (unpaired) electrons. The van der Waals surface area contributed by atoms with E-state index in [-0.39, 0.29) is 36.0 Å². The predicted molar refractivity (Wildman–Crippen MR) is 139 cm³/mol. The zero-order chi connectivity index (χ0) is 24.4. The number of amides is 2. The van der Waals surface area contributed by atoms with Gasteiger partial charge in [-0.15, -0.1) is 0 Å². The summed E-state index contributed by atoms with van der Waals surface area (Å²) < 4.78 is 0. The molecule has 0 bridgehead atoms. The third-order valence-corrected chi connectivity index (χ3v) is 6.75. The smallest absolute Gasteiger partial charge is 0.244 e. The maximum atomic E-state index is 12.9. The molecule has 3 atom stereocenters. The number of nitrogens with zero attached hydrogens (tertiary/aromatic N) is 2. The highest BCUT2D eigenvalue weighted by atomic mass is 35.5. The van der Waals surface area contributed by atoms with Crippen molar-refractivity contribution in [3.63, 3.8) is 0 Å². The number of rotatable bonds is 5. The Morgan fingerprint density at radius 2 is 1.88 bits per heavy atom. The average Bonchev–Trinajstić information content (AvgIpc) is 2.79. The van der Waals surface area contributed by atoms with Gasteiger partial charge in [0, 0.05) is 66.3 Å². The molecule has 34 heavy (non-hydrogen) atoms. The second-order valence-electron chi connectivity index (χ2n) is 9.50. The van der Waals surface area contributed by atoms with Crippen molar-refractivity contribution in [2.75, 3.05) is 34.8 Å². The van der Waals surface area contributed by atoms with Crippen molar-refractivity contribution in [3.8, 4) is 0 Å². The highest BCUT2D eigenvalue weighted by Gasteiger charge is 2.35. The minimum atomic E-state index is -0.289. The first kappa shape index (κ1) is 24.4. The maximum absolute atomic E-state index is 12.9. The number of hydrogen-bond acceptors (Lipinski definition) is 5. The van der Waals surface area contributed by atoms with Crippen LogP contribution >= 0.6 is 11.6 Å². The zero-order valence-electron chi connectivity index (χ0n) is 20.3. The first-order chi connectivity index (χ1) is 16.2. The van der Waals surface area contributed by atoms with E-state index in [1.165, 1.54) is 0 Å². The van der Waals surface area contributed by atoms with Crippen molar-refractivity contribution in [1.29, 1.82) is 0 Å². The lowest BCUT2D eigenvalue weighted by molar-refractivity contribution is -0.123. The molecule has 7 nitrogen and oxygen atoms in total. The van der Waals surface area contributed by atoms with Crippen molar-refractivity contribution >= 4 is 40.5 Å². The highest BCUT2D eigenvalue weighted by Crippen LogP contribution is 2.41. The molecule has 8 heteroatoms. The van der Waals surface area contributed by atoms with E-state index in [9.17, 15) is 9.59 Å². The summed E-state index contributed by atoms with van der Waals surface area (Å²) in [4.78, 5) is 29.5. The molecule has 2 aromatic rings. The number of halogens is 1. The monoisotopic (exact) mass is 483 g/mol. The number of hydrogen-bond donors (Lipinski definition) is 3. The Labute approximate surface area is 206 Å². The summed E-state index contributed by atoms with van der Waals surface area (Å²) in [5.41, 5.74) is 3.94. The van der Waals surface area contributed by atoms with Crippen LogP contribution in [0.4, 0.5) is 17.1 Å². The van der Waals surface area contributed by atoms with Crippen LogP contribution in [0.3, 0.4) is 0 Å². The Morgan fingerprint density at radius 1 is 1.15 bits per heavy atom. The normalized spacial score (nSPS) is 22.4. The molecule has 3 unspecified atom stereocenters. The van der Waals surface area contributed by atoms with Crippen LogP contribution in [-0.2, 0) is 9.59 Å². The molecule has 0 aliphatic carbocycles. The first-order valence-corrected chi connectivity index (χ1v) is 12.4. The van der Waals surface area contributed by atoms with Gasteiger partial charge in [0.25, 0.3) is 0 Å². The van der Waals surface area contributed by atoms with Crippen molar-refractivity contribution in [3.05, 3.63) is 53.1 Å². The lowest BCUT2D eigenvalue weighted by atomic mass is 9.90. The zero-order valence-corrected chi connectivity index (χ0v) is 21.0. The van der Waals surface area contributed by atoms with Crippen LogP contribution in [0.2, 0.25) is 5.02 Å². The van der Waals surface area contributed by atoms with Crippen LogP contribution in [0.1, 0.15) is 45.7 Å². The van der Waals surface area contributed by atoms with Gasteiger partial charge in [-0.05, 0) is 69.7 Å². The molecule has 4 rings (SSSR count). The molecular weight excluding hydrogens is 450 g/mol. The van der Waals surface area contributed by atoms with Gasteiger partial charge in [-0.1, -0.05) is 11.6 Å². The Hall–Kier alpha value is -2.77. The fraction of sp³-hybridized carbons (Fsp3) is 0.462. The summed E-state index contributed by atoms with van der Waals surface area (Å²) in [6.45, 7) is 9.78. The Kier molecular flexibility index (Phi) is 7.33. The molecule has 2 aliphatic heterocycles. The third-order valence-electron chi connectivity index (χ3n) is 6.50. The van der Waals surface area contributed by atoms with Crippen LogP contribution in [0, 0.1) is 0 Å². The van der Waals surface area contributed by atoms with Crippen LogP contribution in [-0.4, -0.2) is 49.6 Å². The van der Waals surface area contributed by atoms with Gasteiger partial charge < -0.3 is 25.8 Å². The Bertz CT molecular complexity index is 1040. The lowest BCUT2D eigenvalue weighted by Gasteiger charge is -2.41. The Balaban J connectivity index is 1.71. The fourth-order valence-corrected chi connectivity index (χ4v) is 5.15. The number of anilines is 3. The van der Waals surface area contributed by atoms with Crippen molar-refractivity contribution in [2.45, 2.75) is 58.3 Å². The maximum Gasteiger partial charge on any atom is 0.244 e. The number of carbonyl (C=O) groups is 2. The fourth-order valence-electron chi connectivity index (χ4n) is 5.02. The second kappa shape index (κ2) is 10.2. The molecule has 3 N–H and O–H groups in total. The summed E-state index contributed by atoms with van der Waals surface area (Å²) >= 11 is 6.07. The summed E-state index contributed by atoms with van der Waals surface area (Å²) in [6.07, 6.45) is 0.775. The minimum absolute atomic E-state index is 0.0209.